The maximum Gasteiger partial charge on any atom is 0.242 e. The summed E-state index contributed by atoms with van der Waals surface area (Å²) >= 11 is 6.32. The summed E-state index contributed by atoms with van der Waals surface area (Å²) in [6.45, 7) is 0. The summed E-state index contributed by atoms with van der Waals surface area (Å²) in [6, 6.07) is 14.4. The van der Waals surface area contributed by atoms with Gasteiger partial charge in [0.15, 0.2) is 0 Å². The zero-order valence-electron chi connectivity index (χ0n) is 11.3. The van der Waals surface area contributed by atoms with Crippen molar-refractivity contribution in [3.05, 3.63) is 48.0 Å². The molecule has 1 unspecified atom stereocenters. The van der Waals surface area contributed by atoms with Crippen molar-refractivity contribution in [3.63, 3.8) is 0 Å². The van der Waals surface area contributed by atoms with E-state index in [2.05, 4.69) is 11.4 Å². The number of amides is 1. The van der Waals surface area contributed by atoms with Crippen molar-refractivity contribution in [2.75, 3.05) is 0 Å². The Kier molecular flexibility index (Phi) is 3.93. The number of alkyl halides is 1. The van der Waals surface area contributed by atoms with Crippen LogP contribution in [0.2, 0.25) is 0 Å². The zero-order valence-corrected chi connectivity index (χ0v) is 12.1. The predicted octanol–water partition coefficient (Wildman–Crippen LogP) is 4.18. The first-order chi connectivity index (χ1) is 9.74. The fraction of sp³-hybridized carbons (Fsp3) is 0.353. The first-order valence-corrected chi connectivity index (χ1v) is 7.61. The molecule has 1 fully saturated rings. The smallest absolute Gasteiger partial charge is 0.242 e. The molecule has 2 aromatic rings. The molecule has 1 aliphatic carbocycles. The van der Waals surface area contributed by atoms with Crippen LogP contribution in [0.5, 0.6) is 0 Å². The summed E-state index contributed by atoms with van der Waals surface area (Å²) in [7, 11) is 0. The molecule has 2 aromatic carbocycles. The second-order valence-corrected chi connectivity index (χ2v) is 5.90. The van der Waals surface area contributed by atoms with Crippen LogP contribution in [-0.4, -0.2) is 11.9 Å². The molecule has 3 heteroatoms. The fourth-order valence-corrected chi connectivity index (χ4v) is 3.06. The molecule has 0 heterocycles. The molecule has 104 valence electrons. The quantitative estimate of drug-likeness (QED) is 0.843. The Morgan fingerprint density at radius 2 is 1.80 bits per heavy atom. The van der Waals surface area contributed by atoms with Gasteiger partial charge in [0, 0.05) is 6.04 Å². The van der Waals surface area contributed by atoms with Crippen LogP contribution in [0.25, 0.3) is 10.8 Å². The Bertz CT molecular complexity index is 619. The van der Waals surface area contributed by atoms with E-state index in [0.717, 1.165) is 29.2 Å². The molecular formula is C17H18ClNO. The maximum absolute atomic E-state index is 12.2. The number of nitrogens with one attached hydrogen (secondary N) is 1. The van der Waals surface area contributed by atoms with Crippen LogP contribution in [0.3, 0.4) is 0 Å². The van der Waals surface area contributed by atoms with Gasteiger partial charge in [0.05, 0.1) is 0 Å². The zero-order chi connectivity index (χ0) is 13.9. The van der Waals surface area contributed by atoms with E-state index in [9.17, 15) is 4.79 Å². The lowest BCUT2D eigenvalue weighted by molar-refractivity contribution is -0.121. The normalized spacial score (nSPS) is 17.2. The summed E-state index contributed by atoms with van der Waals surface area (Å²) in [5, 5.41) is 4.72. The number of halogens is 1. The Balaban J connectivity index is 1.76. The number of rotatable bonds is 3. The summed E-state index contributed by atoms with van der Waals surface area (Å²) in [5.41, 5.74) is 0.862. The monoisotopic (exact) mass is 287 g/mol. The third-order valence-electron chi connectivity index (χ3n) is 4.00. The van der Waals surface area contributed by atoms with Gasteiger partial charge < -0.3 is 5.32 Å². The van der Waals surface area contributed by atoms with Gasteiger partial charge in [0.2, 0.25) is 5.91 Å². The van der Waals surface area contributed by atoms with E-state index < -0.39 is 5.38 Å². The standard InChI is InChI=1S/C17H18ClNO/c18-16(17(20)19-15-7-3-4-8-15)14-10-9-12-5-1-2-6-13(12)11-14/h1-2,5-6,9-11,15-16H,3-4,7-8H2,(H,19,20). The molecule has 20 heavy (non-hydrogen) atoms. The van der Waals surface area contributed by atoms with Crippen LogP contribution in [0, 0.1) is 0 Å². The van der Waals surface area contributed by atoms with Crippen molar-refractivity contribution < 1.29 is 4.79 Å². The highest BCUT2D eigenvalue weighted by Gasteiger charge is 2.23. The first kappa shape index (κ1) is 13.4. The van der Waals surface area contributed by atoms with Gasteiger partial charge in [-0.2, -0.15) is 0 Å². The predicted molar refractivity (Wildman–Crippen MR) is 82.9 cm³/mol. The Hall–Kier alpha value is -1.54. The number of fused-ring (bicyclic) bond motifs is 1. The largest absolute Gasteiger partial charge is 0.352 e. The minimum atomic E-state index is -0.611. The van der Waals surface area contributed by atoms with Crippen LogP contribution in [0.4, 0.5) is 0 Å². The molecule has 1 amide bonds. The number of carbonyl (C=O) groups excluding carboxylic acids is 1. The van der Waals surface area contributed by atoms with Gasteiger partial charge in [-0.1, -0.05) is 49.2 Å². The molecule has 0 aromatic heterocycles. The molecule has 0 spiro atoms. The Morgan fingerprint density at radius 1 is 1.10 bits per heavy atom. The second kappa shape index (κ2) is 5.84. The minimum absolute atomic E-state index is 0.0751. The number of hydrogen-bond acceptors (Lipinski definition) is 1. The molecule has 0 bridgehead atoms. The number of hydrogen-bond donors (Lipinski definition) is 1. The molecule has 1 atom stereocenters. The molecule has 1 saturated carbocycles. The topological polar surface area (TPSA) is 29.1 Å². The number of carbonyl (C=O) groups is 1. The third-order valence-corrected chi connectivity index (χ3v) is 4.45. The van der Waals surface area contributed by atoms with E-state index >= 15 is 0 Å². The van der Waals surface area contributed by atoms with Crippen LogP contribution in [-0.2, 0) is 4.79 Å². The average Bonchev–Trinajstić information content (AvgIpc) is 2.99. The summed E-state index contributed by atoms with van der Waals surface area (Å²) < 4.78 is 0. The van der Waals surface area contributed by atoms with Crippen molar-refractivity contribution >= 4 is 28.3 Å². The van der Waals surface area contributed by atoms with E-state index in [-0.39, 0.29) is 5.91 Å². The van der Waals surface area contributed by atoms with Gasteiger partial charge in [0.25, 0.3) is 0 Å². The highest BCUT2D eigenvalue weighted by molar-refractivity contribution is 6.30. The van der Waals surface area contributed by atoms with Crippen LogP contribution in [0.15, 0.2) is 42.5 Å². The van der Waals surface area contributed by atoms with Crippen LogP contribution >= 0.6 is 11.6 Å². The van der Waals surface area contributed by atoms with Crippen molar-refractivity contribution in [2.24, 2.45) is 0 Å². The van der Waals surface area contributed by atoms with Crippen molar-refractivity contribution in [3.8, 4) is 0 Å². The van der Waals surface area contributed by atoms with E-state index in [0.29, 0.717) is 6.04 Å². The minimum Gasteiger partial charge on any atom is -0.352 e. The summed E-state index contributed by atoms with van der Waals surface area (Å²) in [4.78, 5) is 12.2. The average molecular weight is 288 g/mol. The molecular weight excluding hydrogens is 270 g/mol. The van der Waals surface area contributed by atoms with Gasteiger partial charge in [-0.25, -0.2) is 0 Å². The van der Waals surface area contributed by atoms with Crippen LogP contribution < -0.4 is 5.32 Å². The molecule has 2 nitrogen and oxygen atoms in total. The SMILES string of the molecule is O=C(NC1CCCC1)C(Cl)c1ccc2ccccc2c1. The lowest BCUT2D eigenvalue weighted by Crippen LogP contribution is -2.34. The van der Waals surface area contributed by atoms with E-state index in [4.69, 9.17) is 11.6 Å². The van der Waals surface area contributed by atoms with Gasteiger partial charge in [-0.05, 0) is 35.2 Å². The fourth-order valence-electron chi connectivity index (χ4n) is 2.86. The van der Waals surface area contributed by atoms with Crippen molar-refractivity contribution in [1.29, 1.82) is 0 Å². The Morgan fingerprint density at radius 3 is 2.55 bits per heavy atom. The third kappa shape index (κ3) is 2.80. The Labute approximate surface area is 124 Å². The van der Waals surface area contributed by atoms with E-state index in [1.165, 1.54) is 12.8 Å². The van der Waals surface area contributed by atoms with Gasteiger partial charge >= 0.3 is 0 Å². The van der Waals surface area contributed by atoms with Gasteiger partial charge in [-0.15, -0.1) is 11.6 Å². The van der Waals surface area contributed by atoms with Crippen LogP contribution in [0.1, 0.15) is 36.6 Å². The van der Waals surface area contributed by atoms with Crippen molar-refractivity contribution in [1.82, 2.24) is 5.32 Å². The lowest BCUT2D eigenvalue weighted by Gasteiger charge is -2.16. The van der Waals surface area contributed by atoms with E-state index in [1.54, 1.807) is 0 Å². The highest BCUT2D eigenvalue weighted by Crippen LogP contribution is 2.26. The van der Waals surface area contributed by atoms with Gasteiger partial charge in [-0.3, -0.25) is 4.79 Å². The first-order valence-electron chi connectivity index (χ1n) is 7.17. The molecule has 3 rings (SSSR count). The van der Waals surface area contributed by atoms with E-state index in [1.807, 2.05) is 36.4 Å². The molecule has 0 aliphatic heterocycles. The maximum atomic E-state index is 12.2. The summed E-state index contributed by atoms with van der Waals surface area (Å²) in [5.74, 6) is -0.0751. The second-order valence-electron chi connectivity index (χ2n) is 5.46. The van der Waals surface area contributed by atoms with Crippen molar-refractivity contribution in [2.45, 2.75) is 37.1 Å². The molecule has 0 radical (unpaired) electrons. The lowest BCUT2D eigenvalue weighted by atomic mass is 10.0. The molecule has 1 N–H and O–H groups in total. The van der Waals surface area contributed by atoms with Gasteiger partial charge in [0.1, 0.15) is 5.38 Å². The molecule has 1 aliphatic rings. The molecule has 0 saturated heterocycles. The summed E-state index contributed by atoms with van der Waals surface area (Å²) in [6.07, 6.45) is 4.56. The number of benzene rings is 2. The highest BCUT2D eigenvalue weighted by atomic mass is 35.5.